The average molecular weight is 227 g/mol. The zero-order valence-corrected chi connectivity index (χ0v) is 9.06. The van der Waals surface area contributed by atoms with Crippen LogP contribution in [0.25, 0.3) is 0 Å². The molecule has 3 heteroatoms. The van der Waals surface area contributed by atoms with Gasteiger partial charge in [0.15, 0.2) is 0 Å². The van der Waals surface area contributed by atoms with Crippen LogP contribution in [0, 0.1) is 17.1 Å². The number of rotatable bonds is 3. The maximum absolute atomic E-state index is 13.3. The average Bonchev–Trinajstić information content (AvgIpc) is 2.37. The molecule has 0 aliphatic carbocycles. The Morgan fingerprint density at radius 2 is 1.82 bits per heavy atom. The van der Waals surface area contributed by atoms with Crippen molar-refractivity contribution >= 4 is 0 Å². The van der Waals surface area contributed by atoms with Crippen molar-refractivity contribution in [2.24, 2.45) is 0 Å². The third kappa shape index (κ3) is 2.61. The lowest BCUT2D eigenvalue weighted by Crippen LogP contribution is -1.98. The highest BCUT2D eigenvalue weighted by Crippen LogP contribution is 2.21. The van der Waals surface area contributed by atoms with Crippen molar-refractivity contribution in [2.45, 2.75) is 6.61 Å². The summed E-state index contributed by atoms with van der Waals surface area (Å²) in [6.45, 7) is 0.318. The highest BCUT2D eigenvalue weighted by Gasteiger charge is 2.08. The summed E-state index contributed by atoms with van der Waals surface area (Å²) < 4.78 is 18.7. The molecule has 2 aromatic carbocycles. The molecule has 0 aliphatic heterocycles. The monoisotopic (exact) mass is 227 g/mol. The van der Waals surface area contributed by atoms with Crippen LogP contribution in [0.4, 0.5) is 4.39 Å². The molecule has 0 spiro atoms. The van der Waals surface area contributed by atoms with Crippen LogP contribution in [-0.4, -0.2) is 0 Å². The number of nitrogens with zero attached hydrogens (tertiary/aromatic N) is 1. The highest BCUT2D eigenvalue weighted by atomic mass is 19.1. The highest BCUT2D eigenvalue weighted by molar-refractivity contribution is 5.43. The van der Waals surface area contributed by atoms with Gasteiger partial charge in [0.25, 0.3) is 0 Å². The van der Waals surface area contributed by atoms with E-state index in [0.29, 0.717) is 6.61 Å². The second-order valence-corrected chi connectivity index (χ2v) is 3.50. The number of benzene rings is 2. The number of hydrogen-bond donors (Lipinski definition) is 0. The van der Waals surface area contributed by atoms with E-state index in [-0.39, 0.29) is 11.3 Å². The van der Waals surface area contributed by atoms with Crippen LogP contribution < -0.4 is 4.74 Å². The minimum absolute atomic E-state index is 0.0524. The number of nitriles is 1. The smallest absolute Gasteiger partial charge is 0.144 e. The third-order valence-corrected chi connectivity index (χ3v) is 2.32. The van der Waals surface area contributed by atoms with Crippen molar-refractivity contribution in [3.05, 3.63) is 65.5 Å². The molecule has 0 bridgehead atoms. The van der Waals surface area contributed by atoms with Gasteiger partial charge in [0.1, 0.15) is 29.8 Å². The zero-order valence-electron chi connectivity index (χ0n) is 9.06. The number of ether oxygens (including phenoxy) is 1. The van der Waals surface area contributed by atoms with E-state index in [1.165, 1.54) is 12.1 Å². The minimum atomic E-state index is -0.557. The van der Waals surface area contributed by atoms with Crippen LogP contribution in [0.3, 0.4) is 0 Å². The first kappa shape index (κ1) is 11.2. The topological polar surface area (TPSA) is 33.0 Å². The second kappa shape index (κ2) is 5.13. The van der Waals surface area contributed by atoms with Crippen LogP contribution >= 0.6 is 0 Å². The van der Waals surface area contributed by atoms with Gasteiger partial charge < -0.3 is 4.74 Å². The molecule has 0 heterocycles. The standard InChI is InChI=1S/C14H10FNO/c15-13-7-4-8-14(12(13)9-16)17-10-11-5-2-1-3-6-11/h1-8H,10H2. The maximum Gasteiger partial charge on any atom is 0.144 e. The summed E-state index contributed by atoms with van der Waals surface area (Å²) in [6, 6.07) is 15.7. The molecule has 0 unspecified atom stereocenters. The van der Waals surface area contributed by atoms with Crippen molar-refractivity contribution in [2.75, 3.05) is 0 Å². The Morgan fingerprint density at radius 3 is 2.53 bits per heavy atom. The van der Waals surface area contributed by atoms with Gasteiger partial charge in [-0.25, -0.2) is 4.39 Å². The van der Waals surface area contributed by atoms with E-state index in [4.69, 9.17) is 10.00 Å². The van der Waals surface area contributed by atoms with Crippen LogP contribution in [0.15, 0.2) is 48.5 Å². The predicted molar refractivity (Wildman–Crippen MR) is 61.9 cm³/mol. The summed E-state index contributed by atoms with van der Waals surface area (Å²) in [5.74, 6) is -0.283. The van der Waals surface area contributed by atoms with Crippen LogP contribution in [0.5, 0.6) is 5.75 Å². The Labute approximate surface area is 98.9 Å². The van der Waals surface area contributed by atoms with Crippen molar-refractivity contribution in [3.63, 3.8) is 0 Å². The molecule has 0 radical (unpaired) electrons. The van der Waals surface area contributed by atoms with Gasteiger partial charge >= 0.3 is 0 Å². The molecule has 84 valence electrons. The van der Waals surface area contributed by atoms with E-state index < -0.39 is 5.82 Å². The second-order valence-electron chi connectivity index (χ2n) is 3.50. The molecule has 2 rings (SSSR count). The van der Waals surface area contributed by atoms with Crippen molar-refractivity contribution in [1.29, 1.82) is 5.26 Å². The first-order valence-electron chi connectivity index (χ1n) is 5.16. The van der Waals surface area contributed by atoms with Gasteiger partial charge in [-0.3, -0.25) is 0 Å². The van der Waals surface area contributed by atoms with Gasteiger partial charge in [0.2, 0.25) is 0 Å². The van der Waals surface area contributed by atoms with Crippen molar-refractivity contribution < 1.29 is 9.13 Å². The summed E-state index contributed by atoms with van der Waals surface area (Å²) in [6.07, 6.45) is 0. The summed E-state index contributed by atoms with van der Waals surface area (Å²) >= 11 is 0. The largest absolute Gasteiger partial charge is 0.487 e. The lowest BCUT2D eigenvalue weighted by atomic mass is 10.2. The van der Waals surface area contributed by atoms with Crippen LogP contribution in [0.1, 0.15) is 11.1 Å². The maximum atomic E-state index is 13.3. The zero-order chi connectivity index (χ0) is 12.1. The minimum Gasteiger partial charge on any atom is -0.487 e. The quantitative estimate of drug-likeness (QED) is 0.806. The fraction of sp³-hybridized carbons (Fsp3) is 0.0714. The molecular weight excluding hydrogens is 217 g/mol. The summed E-state index contributed by atoms with van der Waals surface area (Å²) in [7, 11) is 0. The molecule has 0 aromatic heterocycles. The Kier molecular flexibility index (Phi) is 3.37. The predicted octanol–water partition coefficient (Wildman–Crippen LogP) is 3.28. The molecule has 0 saturated heterocycles. The van der Waals surface area contributed by atoms with Gasteiger partial charge in [-0.15, -0.1) is 0 Å². The normalized spacial score (nSPS) is 9.65. The van der Waals surface area contributed by atoms with Gasteiger partial charge in [-0.05, 0) is 17.7 Å². The molecule has 0 saturated carbocycles. The molecule has 0 N–H and O–H groups in total. The molecule has 0 amide bonds. The lowest BCUT2D eigenvalue weighted by Gasteiger charge is -2.07. The molecule has 0 aliphatic rings. The van der Waals surface area contributed by atoms with Gasteiger partial charge in [-0.1, -0.05) is 36.4 Å². The lowest BCUT2D eigenvalue weighted by molar-refractivity contribution is 0.303. The Hall–Kier alpha value is -2.34. The van der Waals surface area contributed by atoms with Gasteiger partial charge in [0, 0.05) is 0 Å². The van der Waals surface area contributed by atoms with Crippen LogP contribution in [0.2, 0.25) is 0 Å². The van der Waals surface area contributed by atoms with E-state index in [1.54, 1.807) is 12.1 Å². The third-order valence-electron chi connectivity index (χ3n) is 2.32. The van der Waals surface area contributed by atoms with E-state index in [2.05, 4.69) is 0 Å². The fourth-order valence-corrected chi connectivity index (χ4v) is 1.47. The van der Waals surface area contributed by atoms with Crippen molar-refractivity contribution in [1.82, 2.24) is 0 Å². The Balaban J connectivity index is 2.15. The first-order valence-corrected chi connectivity index (χ1v) is 5.16. The number of halogens is 1. The molecule has 0 fully saturated rings. The molecular formula is C14H10FNO. The summed E-state index contributed by atoms with van der Waals surface area (Å²) in [5, 5.41) is 8.83. The summed E-state index contributed by atoms with van der Waals surface area (Å²) in [4.78, 5) is 0. The molecule has 0 atom stereocenters. The Morgan fingerprint density at radius 1 is 1.06 bits per heavy atom. The van der Waals surface area contributed by atoms with E-state index in [9.17, 15) is 4.39 Å². The van der Waals surface area contributed by atoms with Gasteiger partial charge in [0.05, 0.1) is 0 Å². The van der Waals surface area contributed by atoms with Crippen LogP contribution in [-0.2, 0) is 6.61 Å². The van der Waals surface area contributed by atoms with E-state index in [1.807, 2.05) is 30.3 Å². The SMILES string of the molecule is N#Cc1c(F)cccc1OCc1ccccc1. The summed E-state index contributed by atoms with van der Waals surface area (Å²) in [5.41, 5.74) is 0.920. The fourth-order valence-electron chi connectivity index (χ4n) is 1.47. The van der Waals surface area contributed by atoms with Gasteiger partial charge in [-0.2, -0.15) is 5.26 Å². The molecule has 2 aromatic rings. The van der Waals surface area contributed by atoms with Crippen molar-refractivity contribution in [3.8, 4) is 11.8 Å². The molecule has 17 heavy (non-hydrogen) atoms. The Bertz CT molecular complexity index is 546. The van der Waals surface area contributed by atoms with E-state index in [0.717, 1.165) is 5.56 Å². The first-order chi connectivity index (χ1) is 8.31. The van der Waals surface area contributed by atoms with E-state index >= 15 is 0 Å². The number of hydrogen-bond acceptors (Lipinski definition) is 2. The molecule has 2 nitrogen and oxygen atoms in total.